The van der Waals surface area contributed by atoms with Gasteiger partial charge in [0.2, 0.25) is 5.60 Å². The lowest BCUT2D eigenvalue weighted by Gasteiger charge is -2.38. The summed E-state index contributed by atoms with van der Waals surface area (Å²) in [6, 6.07) is 2.96. The average Bonchev–Trinajstić information content (AvgIpc) is 2.95. The number of ether oxygens (including phenoxy) is 3. The highest BCUT2D eigenvalue weighted by molar-refractivity contribution is 14.1. The maximum Gasteiger partial charge on any atom is 0.351 e. The van der Waals surface area contributed by atoms with Gasteiger partial charge < -0.3 is 14.2 Å². The van der Waals surface area contributed by atoms with E-state index in [9.17, 15) is 19.7 Å². The number of carbonyl (C=O) groups is 2. The molecule has 1 aliphatic heterocycles. The highest BCUT2D eigenvalue weighted by atomic mass is 127. The van der Waals surface area contributed by atoms with E-state index >= 15 is 0 Å². The predicted octanol–water partition coefficient (Wildman–Crippen LogP) is 4.96. The van der Waals surface area contributed by atoms with E-state index < -0.39 is 44.8 Å². The van der Waals surface area contributed by atoms with Crippen molar-refractivity contribution < 1.29 is 28.7 Å². The minimum Gasteiger partial charge on any atom is -0.496 e. The second kappa shape index (κ2) is 7.31. The van der Waals surface area contributed by atoms with Crippen molar-refractivity contribution in [2.45, 2.75) is 66.1 Å². The maximum absolute atomic E-state index is 13.6. The van der Waals surface area contributed by atoms with Crippen molar-refractivity contribution in [3.8, 4) is 5.75 Å². The zero-order valence-corrected chi connectivity index (χ0v) is 21.0. The summed E-state index contributed by atoms with van der Waals surface area (Å²) in [6.45, 7) is 11.0. The molecule has 170 valence electrons. The SMILES string of the molecule is COc1cc([C@@H](OC(=O)[C@@]23CC[C@@](C)(C(=O)O2)C3(C)C)C(C)(C)C)c([N+](=O)[O-])cc1I. The normalized spacial score (nSPS) is 27.5. The Kier molecular flexibility index (Phi) is 5.60. The van der Waals surface area contributed by atoms with Crippen LogP contribution < -0.4 is 4.74 Å². The second-order valence-electron chi connectivity index (χ2n) is 10.1. The number of nitrogens with zero attached hydrogens (tertiary/aromatic N) is 1. The molecule has 0 aromatic heterocycles. The lowest BCUT2D eigenvalue weighted by molar-refractivity contribution is -0.386. The van der Waals surface area contributed by atoms with Gasteiger partial charge in [0.1, 0.15) is 11.9 Å². The lowest BCUT2D eigenvalue weighted by atomic mass is 9.66. The van der Waals surface area contributed by atoms with Crippen molar-refractivity contribution >= 4 is 40.2 Å². The minimum atomic E-state index is -1.41. The summed E-state index contributed by atoms with van der Waals surface area (Å²) in [6.07, 6.45) is -0.0792. The molecule has 1 saturated carbocycles. The number of carbonyl (C=O) groups excluding carboxylic acids is 2. The number of halogens is 1. The van der Waals surface area contributed by atoms with E-state index in [4.69, 9.17) is 14.2 Å². The molecular formula is C22H28INO7. The summed E-state index contributed by atoms with van der Waals surface area (Å²) >= 11 is 1.96. The number of nitro benzene ring substituents is 1. The van der Waals surface area contributed by atoms with Gasteiger partial charge in [0, 0.05) is 16.9 Å². The Hall–Kier alpha value is -1.91. The van der Waals surface area contributed by atoms with E-state index in [1.54, 1.807) is 6.07 Å². The van der Waals surface area contributed by atoms with Crippen LogP contribution in [0.3, 0.4) is 0 Å². The van der Waals surface area contributed by atoms with Crippen molar-refractivity contribution in [2.75, 3.05) is 7.11 Å². The molecule has 0 unspecified atom stereocenters. The monoisotopic (exact) mass is 545 g/mol. The fourth-order valence-electron chi connectivity index (χ4n) is 4.69. The van der Waals surface area contributed by atoms with Crippen LogP contribution in [0.15, 0.2) is 12.1 Å². The molecule has 8 nitrogen and oxygen atoms in total. The van der Waals surface area contributed by atoms with Gasteiger partial charge in [-0.1, -0.05) is 34.6 Å². The van der Waals surface area contributed by atoms with Crippen LogP contribution in [0.4, 0.5) is 5.69 Å². The number of nitro groups is 1. The topological polar surface area (TPSA) is 105 Å². The van der Waals surface area contributed by atoms with Crippen molar-refractivity contribution in [1.82, 2.24) is 0 Å². The largest absolute Gasteiger partial charge is 0.496 e. The van der Waals surface area contributed by atoms with Crippen LogP contribution in [0.2, 0.25) is 0 Å². The molecular weight excluding hydrogens is 517 g/mol. The molecule has 3 rings (SSSR count). The molecule has 0 spiro atoms. The van der Waals surface area contributed by atoms with Crippen LogP contribution in [0.5, 0.6) is 5.75 Å². The zero-order chi connectivity index (χ0) is 23.6. The molecule has 3 atom stereocenters. The third-order valence-corrected chi connectivity index (χ3v) is 8.05. The van der Waals surface area contributed by atoms with Gasteiger partial charge >= 0.3 is 11.9 Å². The molecule has 1 aromatic carbocycles. The van der Waals surface area contributed by atoms with Crippen molar-refractivity contribution in [3.05, 3.63) is 31.4 Å². The highest BCUT2D eigenvalue weighted by Gasteiger charge is 2.76. The van der Waals surface area contributed by atoms with E-state index in [0.29, 0.717) is 22.2 Å². The van der Waals surface area contributed by atoms with Gasteiger partial charge in [-0.2, -0.15) is 0 Å². The van der Waals surface area contributed by atoms with Gasteiger partial charge in [-0.25, -0.2) is 4.79 Å². The molecule has 2 bridgehead atoms. The van der Waals surface area contributed by atoms with Gasteiger partial charge in [-0.15, -0.1) is 0 Å². The number of esters is 2. The van der Waals surface area contributed by atoms with Crippen LogP contribution in [0, 0.1) is 29.9 Å². The minimum absolute atomic E-state index is 0.158. The first-order valence-electron chi connectivity index (χ1n) is 10.1. The first-order chi connectivity index (χ1) is 14.1. The summed E-state index contributed by atoms with van der Waals surface area (Å²) in [7, 11) is 1.48. The fraction of sp³-hybridized carbons (Fsp3) is 0.636. The van der Waals surface area contributed by atoms with Crippen molar-refractivity contribution in [1.29, 1.82) is 0 Å². The molecule has 1 saturated heterocycles. The Morgan fingerprint density at radius 1 is 1.26 bits per heavy atom. The first kappa shape index (κ1) is 23.7. The van der Waals surface area contributed by atoms with Crippen LogP contribution in [-0.2, 0) is 19.1 Å². The lowest BCUT2D eigenvalue weighted by Crippen LogP contribution is -2.49. The van der Waals surface area contributed by atoms with Gasteiger partial charge in [-0.05, 0) is 48.4 Å². The standard InChI is InChI=1S/C22H28INO7/c1-19(2,3)16(12-10-15(29-7)13(23)11-14(12)24(27)28)30-18(26)22-9-8-21(6,17(25)31-22)20(22,4)5/h10-11,16H,8-9H2,1-7H3/t16-,21+,22-/m1/s1. The summed E-state index contributed by atoms with van der Waals surface area (Å²) in [5.74, 6) is -0.625. The molecule has 1 aromatic rings. The first-order valence-corrected chi connectivity index (χ1v) is 11.2. The smallest absolute Gasteiger partial charge is 0.351 e. The summed E-state index contributed by atoms with van der Waals surface area (Å²) in [5, 5.41) is 11.8. The number of methoxy groups -OCH3 is 1. The van der Waals surface area contributed by atoms with Crippen LogP contribution in [-0.4, -0.2) is 29.6 Å². The van der Waals surface area contributed by atoms with Gasteiger partial charge in [-0.3, -0.25) is 14.9 Å². The van der Waals surface area contributed by atoms with E-state index in [2.05, 4.69) is 0 Å². The Morgan fingerprint density at radius 2 is 1.87 bits per heavy atom. The molecule has 0 amide bonds. The third kappa shape index (κ3) is 3.30. The van der Waals surface area contributed by atoms with Gasteiger partial charge in [0.05, 0.1) is 26.6 Å². The van der Waals surface area contributed by atoms with Gasteiger partial charge in [0.25, 0.3) is 5.69 Å². The number of hydrogen-bond donors (Lipinski definition) is 0. The molecule has 1 heterocycles. The van der Waals surface area contributed by atoms with E-state index in [1.165, 1.54) is 13.2 Å². The Balaban J connectivity index is 2.09. The molecule has 0 radical (unpaired) electrons. The van der Waals surface area contributed by atoms with E-state index in [1.807, 2.05) is 64.1 Å². The predicted molar refractivity (Wildman–Crippen MR) is 121 cm³/mol. The highest BCUT2D eigenvalue weighted by Crippen LogP contribution is 2.66. The van der Waals surface area contributed by atoms with Crippen LogP contribution >= 0.6 is 22.6 Å². The summed E-state index contributed by atoms with van der Waals surface area (Å²) in [5.41, 5.74) is -3.56. The third-order valence-electron chi connectivity index (χ3n) is 7.21. The number of rotatable bonds is 5. The Morgan fingerprint density at radius 3 is 2.29 bits per heavy atom. The van der Waals surface area contributed by atoms with E-state index in [0.717, 1.165) is 0 Å². The Labute approximate surface area is 195 Å². The molecule has 2 aliphatic rings. The summed E-state index contributed by atoms with van der Waals surface area (Å²) in [4.78, 5) is 37.4. The molecule has 9 heteroatoms. The zero-order valence-electron chi connectivity index (χ0n) is 18.8. The van der Waals surface area contributed by atoms with Crippen LogP contribution in [0.1, 0.15) is 66.1 Å². The number of hydrogen-bond acceptors (Lipinski definition) is 7. The quantitative estimate of drug-likeness (QED) is 0.223. The average molecular weight is 545 g/mol. The molecule has 0 N–H and O–H groups in total. The number of fused-ring (bicyclic) bond motifs is 2. The van der Waals surface area contributed by atoms with Crippen molar-refractivity contribution in [2.24, 2.45) is 16.2 Å². The molecule has 2 fully saturated rings. The second-order valence-corrected chi connectivity index (χ2v) is 11.3. The fourth-order valence-corrected chi connectivity index (χ4v) is 5.37. The molecule has 1 aliphatic carbocycles. The summed E-state index contributed by atoms with van der Waals surface area (Å²) < 4.78 is 17.6. The van der Waals surface area contributed by atoms with Crippen molar-refractivity contribution in [3.63, 3.8) is 0 Å². The maximum atomic E-state index is 13.6. The molecule has 31 heavy (non-hydrogen) atoms. The van der Waals surface area contributed by atoms with Crippen LogP contribution in [0.25, 0.3) is 0 Å². The van der Waals surface area contributed by atoms with Gasteiger partial charge in [0.15, 0.2) is 0 Å². The Bertz CT molecular complexity index is 967. The van der Waals surface area contributed by atoms with E-state index in [-0.39, 0.29) is 11.3 Å². The number of benzene rings is 1.